The predicted octanol–water partition coefficient (Wildman–Crippen LogP) is 3.46. The molecule has 2 aromatic rings. The Bertz CT molecular complexity index is 851. The van der Waals surface area contributed by atoms with Crippen LogP contribution in [-0.2, 0) is 16.6 Å². The maximum Gasteiger partial charge on any atom is 0.337 e. The van der Waals surface area contributed by atoms with Gasteiger partial charge in [0.2, 0.25) is 10.0 Å². The molecule has 26 heavy (non-hydrogen) atoms. The molecule has 1 atom stereocenters. The van der Waals surface area contributed by atoms with Crippen LogP contribution < -0.4 is 10.0 Å². The average Bonchev–Trinajstić information content (AvgIpc) is 2.60. The predicted molar refractivity (Wildman–Crippen MR) is 102 cm³/mol. The van der Waals surface area contributed by atoms with E-state index in [4.69, 9.17) is 0 Å². The van der Waals surface area contributed by atoms with Crippen molar-refractivity contribution in [1.82, 2.24) is 4.72 Å². The maximum absolute atomic E-state index is 12.5. The summed E-state index contributed by atoms with van der Waals surface area (Å²) in [5.74, 6) is -1.18. The highest BCUT2D eigenvalue weighted by atomic mass is 32.2. The highest BCUT2D eigenvalue weighted by Gasteiger charge is 2.20. The third-order valence-electron chi connectivity index (χ3n) is 3.94. The molecule has 0 aliphatic heterocycles. The summed E-state index contributed by atoms with van der Waals surface area (Å²) in [5.41, 5.74) is 1.30. The number of carbonyl (C=O) groups is 1. The van der Waals surface area contributed by atoms with Gasteiger partial charge in [-0.05, 0) is 37.1 Å². The molecule has 0 radical (unpaired) electrons. The van der Waals surface area contributed by atoms with Crippen LogP contribution >= 0.6 is 0 Å². The molecule has 2 aromatic carbocycles. The summed E-state index contributed by atoms with van der Waals surface area (Å²) in [6.45, 7) is 4.20. The molecule has 0 aromatic heterocycles. The van der Waals surface area contributed by atoms with Crippen LogP contribution in [0.25, 0.3) is 0 Å². The summed E-state index contributed by atoms with van der Waals surface area (Å²) in [4.78, 5) is 11.5. The lowest BCUT2D eigenvalue weighted by Gasteiger charge is -2.15. The smallest absolute Gasteiger partial charge is 0.337 e. The van der Waals surface area contributed by atoms with Gasteiger partial charge in [-0.1, -0.05) is 43.7 Å². The normalized spacial score (nSPS) is 12.5. The number of hydrogen-bond acceptors (Lipinski definition) is 4. The van der Waals surface area contributed by atoms with Crippen molar-refractivity contribution in [2.75, 3.05) is 5.32 Å². The maximum atomic E-state index is 12.5. The first-order valence-corrected chi connectivity index (χ1v) is 9.99. The van der Waals surface area contributed by atoms with E-state index in [0.29, 0.717) is 18.7 Å². The number of hydrogen-bond donors (Lipinski definition) is 3. The number of carboxylic acid groups (broad SMARTS) is 1. The largest absolute Gasteiger partial charge is 0.478 e. The Morgan fingerprint density at radius 3 is 2.46 bits per heavy atom. The summed E-state index contributed by atoms with van der Waals surface area (Å²) in [6, 6.07) is 13.4. The minimum Gasteiger partial charge on any atom is -0.478 e. The minimum atomic E-state index is -3.76. The molecule has 7 heteroatoms. The van der Waals surface area contributed by atoms with Crippen molar-refractivity contribution >= 4 is 21.7 Å². The van der Waals surface area contributed by atoms with Crippen LogP contribution in [0.5, 0.6) is 0 Å². The lowest BCUT2D eigenvalue weighted by molar-refractivity contribution is 0.0697. The van der Waals surface area contributed by atoms with Crippen molar-refractivity contribution in [3.8, 4) is 0 Å². The van der Waals surface area contributed by atoms with E-state index in [2.05, 4.69) is 10.0 Å². The van der Waals surface area contributed by atoms with E-state index in [1.165, 1.54) is 18.2 Å². The molecule has 0 amide bonds. The molecule has 0 aliphatic rings. The van der Waals surface area contributed by atoms with Gasteiger partial charge in [0.05, 0.1) is 10.5 Å². The Kier molecular flexibility index (Phi) is 6.76. The van der Waals surface area contributed by atoms with Crippen molar-refractivity contribution in [2.45, 2.75) is 44.2 Å². The number of nitrogens with one attached hydrogen (secondary N) is 2. The highest BCUT2D eigenvalue weighted by Crippen LogP contribution is 2.22. The van der Waals surface area contributed by atoms with Gasteiger partial charge < -0.3 is 10.4 Å². The zero-order valence-electron chi connectivity index (χ0n) is 14.9. The average molecular weight is 376 g/mol. The number of sulfonamides is 1. The Balaban J connectivity index is 2.24. The van der Waals surface area contributed by atoms with Gasteiger partial charge >= 0.3 is 5.97 Å². The first kappa shape index (κ1) is 19.9. The van der Waals surface area contributed by atoms with Crippen LogP contribution in [-0.4, -0.2) is 25.5 Å². The summed E-state index contributed by atoms with van der Waals surface area (Å²) in [5, 5.41) is 12.5. The van der Waals surface area contributed by atoms with Crippen molar-refractivity contribution in [3.05, 3.63) is 59.7 Å². The molecule has 3 N–H and O–H groups in total. The van der Waals surface area contributed by atoms with Crippen LogP contribution in [0.4, 0.5) is 5.69 Å². The molecule has 2 rings (SSSR count). The van der Waals surface area contributed by atoms with Gasteiger partial charge in [-0.25, -0.2) is 17.9 Å². The third-order valence-corrected chi connectivity index (χ3v) is 5.52. The van der Waals surface area contributed by atoms with Gasteiger partial charge in [-0.2, -0.15) is 0 Å². The Morgan fingerprint density at radius 1 is 1.15 bits per heavy atom. The van der Waals surface area contributed by atoms with Crippen LogP contribution in [0.3, 0.4) is 0 Å². The monoisotopic (exact) mass is 376 g/mol. The molecular weight excluding hydrogens is 352 g/mol. The quantitative estimate of drug-likeness (QED) is 0.623. The lowest BCUT2D eigenvalue weighted by Crippen LogP contribution is -2.32. The topological polar surface area (TPSA) is 95.5 Å². The molecule has 0 saturated carbocycles. The van der Waals surface area contributed by atoms with Crippen LogP contribution in [0.15, 0.2) is 53.4 Å². The first-order chi connectivity index (χ1) is 12.3. The lowest BCUT2D eigenvalue weighted by atomic mass is 10.1. The van der Waals surface area contributed by atoms with E-state index >= 15 is 0 Å². The number of rotatable bonds is 9. The second-order valence-electron chi connectivity index (χ2n) is 6.16. The number of anilines is 1. The van der Waals surface area contributed by atoms with Gasteiger partial charge in [0, 0.05) is 18.3 Å². The molecule has 0 fully saturated rings. The van der Waals surface area contributed by atoms with Crippen molar-refractivity contribution < 1.29 is 18.3 Å². The number of benzene rings is 2. The molecule has 0 unspecified atom stereocenters. The molecule has 0 bridgehead atoms. The third kappa shape index (κ3) is 5.31. The van der Waals surface area contributed by atoms with E-state index in [-0.39, 0.29) is 16.5 Å². The van der Waals surface area contributed by atoms with E-state index in [0.717, 1.165) is 12.0 Å². The molecule has 0 aliphatic carbocycles. The van der Waals surface area contributed by atoms with Gasteiger partial charge in [0.25, 0.3) is 0 Å². The molecule has 0 saturated heterocycles. The molecule has 0 heterocycles. The summed E-state index contributed by atoms with van der Waals surface area (Å²) < 4.78 is 27.5. The Labute approximate surface area is 154 Å². The van der Waals surface area contributed by atoms with Crippen molar-refractivity contribution in [3.63, 3.8) is 0 Å². The van der Waals surface area contributed by atoms with E-state index < -0.39 is 16.0 Å². The first-order valence-electron chi connectivity index (χ1n) is 8.51. The van der Waals surface area contributed by atoms with E-state index in [9.17, 15) is 18.3 Å². The number of aromatic carboxylic acids is 1. The minimum absolute atomic E-state index is 0.0527. The zero-order valence-corrected chi connectivity index (χ0v) is 15.7. The van der Waals surface area contributed by atoms with Crippen molar-refractivity contribution in [1.29, 1.82) is 0 Å². The fraction of sp³-hybridized carbons (Fsp3) is 0.316. The molecule has 0 spiro atoms. The summed E-state index contributed by atoms with van der Waals surface area (Å²) in [7, 11) is -3.76. The standard InChI is InChI=1S/C19H24N2O4S/c1-3-7-14(2)21-26(24,25)16-10-11-18(17(12-16)19(22)23)20-13-15-8-5-4-6-9-15/h4-6,8-12,14,20-21H,3,7,13H2,1-2H3,(H,22,23)/t14-/m0/s1. The Hall–Kier alpha value is -2.38. The summed E-state index contributed by atoms with van der Waals surface area (Å²) >= 11 is 0. The SMILES string of the molecule is CCC[C@H](C)NS(=O)(=O)c1ccc(NCc2ccccc2)c(C(=O)O)c1. The molecular formula is C19H24N2O4S. The molecule has 140 valence electrons. The molecule has 6 nitrogen and oxygen atoms in total. The van der Waals surface area contributed by atoms with Crippen LogP contribution in [0.2, 0.25) is 0 Å². The summed E-state index contributed by atoms with van der Waals surface area (Å²) in [6.07, 6.45) is 1.56. The van der Waals surface area contributed by atoms with E-state index in [1.807, 2.05) is 37.3 Å². The van der Waals surface area contributed by atoms with Crippen molar-refractivity contribution in [2.24, 2.45) is 0 Å². The fourth-order valence-electron chi connectivity index (χ4n) is 2.64. The zero-order chi connectivity index (χ0) is 19.2. The Morgan fingerprint density at radius 2 is 1.85 bits per heavy atom. The fourth-order valence-corrected chi connectivity index (χ4v) is 3.94. The van der Waals surface area contributed by atoms with Gasteiger partial charge in [0.1, 0.15) is 0 Å². The van der Waals surface area contributed by atoms with Crippen LogP contribution in [0, 0.1) is 0 Å². The second-order valence-corrected chi connectivity index (χ2v) is 7.88. The van der Waals surface area contributed by atoms with Gasteiger partial charge in [-0.3, -0.25) is 0 Å². The van der Waals surface area contributed by atoms with E-state index in [1.54, 1.807) is 6.92 Å². The number of carboxylic acids is 1. The second kappa shape index (κ2) is 8.82. The van der Waals surface area contributed by atoms with Gasteiger partial charge in [-0.15, -0.1) is 0 Å². The van der Waals surface area contributed by atoms with Crippen LogP contribution in [0.1, 0.15) is 42.6 Å². The highest BCUT2D eigenvalue weighted by molar-refractivity contribution is 7.89. The van der Waals surface area contributed by atoms with Gasteiger partial charge in [0.15, 0.2) is 0 Å².